The zero-order chi connectivity index (χ0) is 12.5. The molecule has 17 heavy (non-hydrogen) atoms. The maximum atomic E-state index is 13.1. The SMILES string of the molecule is NC1(CC(=O)Cc2cc(F)ccc2Br)CCC1. The van der Waals surface area contributed by atoms with Gasteiger partial charge >= 0.3 is 0 Å². The summed E-state index contributed by atoms with van der Waals surface area (Å²) in [7, 11) is 0. The summed E-state index contributed by atoms with van der Waals surface area (Å²) in [5, 5.41) is 0. The molecule has 0 amide bonds. The molecular formula is C13H15BrFNO. The standard InChI is InChI=1S/C13H15BrFNO/c14-12-3-2-10(15)6-9(12)7-11(17)8-13(16)4-1-5-13/h2-3,6H,1,4-5,7-8,16H2. The van der Waals surface area contributed by atoms with Crippen LogP contribution in [0.3, 0.4) is 0 Å². The van der Waals surface area contributed by atoms with Crippen molar-refractivity contribution in [2.75, 3.05) is 0 Å². The highest BCUT2D eigenvalue weighted by molar-refractivity contribution is 9.10. The highest BCUT2D eigenvalue weighted by Crippen LogP contribution is 2.32. The first-order chi connectivity index (χ1) is 7.98. The quantitative estimate of drug-likeness (QED) is 0.929. The Morgan fingerprint density at radius 1 is 1.47 bits per heavy atom. The molecule has 0 spiro atoms. The minimum atomic E-state index is -0.317. The molecule has 0 saturated heterocycles. The Bertz CT molecular complexity index is 443. The van der Waals surface area contributed by atoms with Crippen LogP contribution in [0.25, 0.3) is 0 Å². The molecule has 2 rings (SSSR count). The third kappa shape index (κ3) is 3.13. The molecular weight excluding hydrogens is 285 g/mol. The van der Waals surface area contributed by atoms with Crippen molar-refractivity contribution >= 4 is 21.7 Å². The van der Waals surface area contributed by atoms with Gasteiger partial charge in [-0.15, -0.1) is 0 Å². The summed E-state index contributed by atoms with van der Waals surface area (Å²) in [5.74, 6) is -0.236. The fraction of sp³-hybridized carbons (Fsp3) is 0.462. The summed E-state index contributed by atoms with van der Waals surface area (Å²) in [4.78, 5) is 11.9. The molecule has 0 bridgehead atoms. The zero-order valence-electron chi connectivity index (χ0n) is 9.51. The summed E-state index contributed by atoms with van der Waals surface area (Å²) in [6, 6.07) is 4.39. The number of carbonyl (C=O) groups is 1. The number of benzene rings is 1. The van der Waals surface area contributed by atoms with Gasteiger partial charge in [0.25, 0.3) is 0 Å². The molecule has 0 unspecified atom stereocenters. The van der Waals surface area contributed by atoms with E-state index in [9.17, 15) is 9.18 Å². The van der Waals surface area contributed by atoms with Crippen molar-refractivity contribution < 1.29 is 9.18 Å². The Morgan fingerprint density at radius 2 is 2.18 bits per heavy atom. The van der Waals surface area contributed by atoms with Gasteiger partial charge in [-0.3, -0.25) is 4.79 Å². The van der Waals surface area contributed by atoms with Gasteiger partial charge in [0, 0.05) is 22.9 Å². The molecule has 1 aromatic rings. The van der Waals surface area contributed by atoms with Crippen LogP contribution in [-0.4, -0.2) is 11.3 Å². The van der Waals surface area contributed by atoms with Gasteiger partial charge < -0.3 is 5.73 Å². The molecule has 0 heterocycles. The number of carbonyl (C=O) groups excluding carboxylic acids is 1. The summed E-state index contributed by atoms with van der Waals surface area (Å²) in [6.07, 6.45) is 3.59. The maximum absolute atomic E-state index is 13.1. The van der Waals surface area contributed by atoms with Crippen molar-refractivity contribution in [1.29, 1.82) is 0 Å². The Morgan fingerprint density at radius 3 is 2.76 bits per heavy atom. The van der Waals surface area contributed by atoms with Crippen LogP contribution in [0.15, 0.2) is 22.7 Å². The van der Waals surface area contributed by atoms with Crippen molar-refractivity contribution in [2.45, 2.75) is 37.6 Å². The predicted molar refractivity (Wildman–Crippen MR) is 68.2 cm³/mol. The Labute approximate surface area is 109 Å². The minimum Gasteiger partial charge on any atom is -0.325 e. The molecule has 0 radical (unpaired) electrons. The number of hydrogen-bond donors (Lipinski definition) is 1. The van der Waals surface area contributed by atoms with E-state index in [2.05, 4.69) is 15.9 Å². The van der Waals surface area contributed by atoms with Gasteiger partial charge in [-0.1, -0.05) is 15.9 Å². The molecule has 4 heteroatoms. The highest BCUT2D eigenvalue weighted by atomic mass is 79.9. The second-order valence-electron chi connectivity index (χ2n) is 4.84. The summed E-state index contributed by atoms with van der Waals surface area (Å²) in [5.41, 5.74) is 6.42. The molecule has 1 aliphatic carbocycles. The summed E-state index contributed by atoms with van der Waals surface area (Å²) in [6.45, 7) is 0. The van der Waals surface area contributed by atoms with Crippen LogP contribution in [0, 0.1) is 5.82 Å². The number of halogens is 2. The Hall–Kier alpha value is -0.740. The lowest BCUT2D eigenvalue weighted by Gasteiger charge is -2.37. The van der Waals surface area contributed by atoms with Gasteiger partial charge in [0.05, 0.1) is 0 Å². The molecule has 1 aliphatic rings. The van der Waals surface area contributed by atoms with E-state index in [-0.39, 0.29) is 23.6 Å². The van der Waals surface area contributed by atoms with Crippen LogP contribution in [0.2, 0.25) is 0 Å². The third-order valence-electron chi connectivity index (χ3n) is 3.29. The molecule has 1 saturated carbocycles. The highest BCUT2D eigenvalue weighted by Gasteiger charge is 2.34. The molecule has 2 nitrogen and oxygen atoms in total. The first kappa shape index (κ1) is 12.7. The molecule has 0 aromatic heterocycles. The number of nitrogens with two attached hydrogens (primary N) is 1. The van der Waals surface area contributed by atoms with Crippen molar-refractivity contribution in [3.05, 3.63) is 34.1 Å². The van der Waals surface area contributed by atoms with E-state index < -0.39 is 0 Å². The third-order valence-corrected chi connectivity index (χ3v) is 4.07. The van der Waals surface area contributed by atoms with Crippen molar-refractivity contribution in [3.8, 4) is 0 Å². The van der Waals surface area contributed by atoms with Gasteiger partial charge in [0.15, 0.2) is 0 Å². The van der Waals surface area contributed by atoms with Crippen LogP contribution in [0.4, 0.5) is 4.39 Å². The number of ketones is 1. The second-order valence-corrected chi connectivity index (χ2v) is 5.70. The minimum absolute atomic E-state index is 0.0819. The van der Waals surface area contributed by atoms with Crippen molar-refractivity contribution in [2.24, 2.45) is 5.73 Å². The largest absolute Gasteiger partial charge is 0.325 e. The van der Waals surface area contributed by atoms with Gasteiger partial charge in [-0.25, -0.2) is 4.39 Å². The fourth-order valence-corrected chi connectivity index (χ4v) is 2.54. The van der Waals surface area contributed by atoms with E-state index in [0.29, 0.717) is 12.0 Å². The van der Waals surface area contributed by atoms with E-state index in [0.717, 1.165) is 23.7 Å². The van der Waals surface area contributed by atoms with Gasteiger partial charge in [-0.2, -0.15) is 0 Å². The molecule has 92 valence electrons. The van der Waals surface area contributed by atoms with Gasteiger partial charge in [0.1, 0.15) is 11.6 Å². The van der Waals surface area contributed by atoms with Crippen LogP contribution >= 0.6 is 15.9 Å². The van der Waals surface area contributed by atoms with Crippen LogP contribution in [0.1, 0.15) is 31.2 Å². The second kappa shape index (κ2) is 4.86. The molecule has 1 aromatic carbocycles. The zero-order valence-corrected chi connectivity index (χ0v) is 11.1. The van der Waals surface area contributed by atoms with Crippen molar-refractivity contribution in [3.63, 3.8) is 0 Å². The Kier molecular flexibility index (Phi) is 3.64. The van der Waals surface area contributed by atoms with E-state index in [1.165, 1.54) is 12.1 Å². The first-order valence-corrected chi connectivity index (χ1v) is 6.52. The van der Waals surface area contributed by atoms with E-state index in [1.54, 1.807) is 6.07 Å². The predicted octanol–water partition coefficient (Wildman–Crippen LogP) is 2.97. The van der Waals surface area contributed by atoms with Crippen molar-refractivity contribution in [1.82, 2.24) is 0 Å². The van der Waals surface area contributed by atoms with Crippen LogP contribution in [0.5, 0.6) is 0 Å². The average molecular weight is 300 g/mol. The Balaban J connectivity index is 2.00. The maximum Gasteiger partial charge on any atom is 0.139 e. The topological polar surface area (TPSA) is 43.1 Å². The number of Topliss-reactive ketones (excluding diaryl/α,β-unsaturated/α-hetero) is 1. The number of rotatable bonds is 4. The molecule has 1 fully saturated rings. The lowest BCUT2D eigenvalue weighted by Crippen LogP contribution is -2.48. The summed E-state index contributed by atoms with van der Waals surface area (Å²) >= 11 is 3.32. The smallest absolute Gasteiger partial charge is 0.139 e. The molecule has 0 atom stereocenters. The van der Waals surface area contributed by atoms with Gasteiger partial charge in [0.2, 0.25) is 0 Å². The van der Waals surface area contributed by atoms with Gasteiger partial charge in [-0.05, 0) is 43.0 Å². The average Bonchev–Trinajstić information content (AvgIpc) is 2.21. The molecule has 0 aliphatic heterocycles. The lowest BCUT2D eigenvalue weighted by atomic mass is 9.74. The molecule has 2 N–H and O–H groups in total. The van der Waals surface area contributed by atoms with E-state index in [1.807, 2.05) is 0 Å². The lowest BCUT2D eigenvalue weighted by molar-refractivity contribution is -0.120. The van der Waals surface area contributed by atoms with Crippen LogP contribution in [-0.2, 0) is 11.2 Å². The number of hydrogen-bond acceptors (Lipinski definition) is 2. The van der Waals surface area contributed by atoms with E-state index >= 15 is 0 Å². The normalized spacial score (nSPS) is 17.6. The monoisotopic (exact) mass is 299 g/mol. The van der Waals surface area contributed by atoms with Crippen LogP contribution < -0.4 is 5.73 Å². The summed E-state index contributed by atoms with van der Waals surface area (Å²) < 4.78 is 13.8. The van der Waals surface area contributed by atoms with E-state index in [4.69, 9.17) is 5.73 Å². The first-order valence-electron chi connectivity index (χ1n) is 5.73. The fourth-order valence-electron chi connectivity index (χ4n) is 2.15.